The number of nitrogens with zero attached hydrogens (tertiary/aromatic N) is 5. The molecule has 9 heteroatoms. The lowest BCUT2D eigenvalue weighted by Gasteiger charge is -2.17. The first-order valence-electron chi connectivity index (χ1n) is 8.60. The monoisotopic (exact) mass is 364 g/mol. The van der Waals surface area contributed by atoms with Crippen molar-refractivity contribution in [1.29, 1.82) is 0 Å². The second-order valence-corrected chi connectivity index (χ2v) is 6.59. The quantitative estimate of drug-likeness (QED) is 0.558. The molecule has 0 saturated carbocycles. The molecular formula is C16H24N6O2S. The van der Waals surface area contributed by atoms with Crippen molar-refractivity contribution in [3.05, 3.63) is 6.20 Å². The molecule has 1 fully saturated rings. The van der Waals surface area contributed by atoms with Crippen LogP contribution in [0.3, 0.4) is 0 Å². The van der Waals surface area contributed by atoms with Gasteiger partial charge in [-0.15, -0.1) is 0 Å². The van der Waals surface area contributed by atoms with E-state index in [0.717, 1.165) is 35.1 Å². The number of hydrogen-bond donors (Lipinski definition) is 1. The van der Waals surface area contributed by atoms with Crippen LogP contribution in [-0.4, -0.2) is 64.8 Å². The van der Waals surface area contributed by atoms with Crippen molar-refractivity contribution in [3.63, 3.8) is 0 Å². The minimum absolute atomic E-state index is 0.0915. The van der Waals surface area contributed by atoms with E-state index >= 15 is 0 Å². The molecule has 3 heterocycles. The van der Waals surface area contributed by atoms with Crippen LogP contribution in [0.5, 0.6) is 0 Å². The van der Waals surface area contributed by atoms with Gasteiger partial charge in [0.05, 0.1) is 18.1 Å². The highest BCUT2D eigenvalue weighted by molar-refractivity contribution is 7.98. The molecule has 2 aromatic rings. The Balaban J connectivity index is 1.75. The molecular weight excluding hydrogens is 340 g/mol. The Labute approximate surface area is 151 Å². The maximum atomic E-state index is 11.6. The predicted molar refractivity (Wildman–Crippen MR) is 98.1 cm³/mol. The van der Waals surface area contributed by atoms with Crippen LogP contribution in [0, 0.1) is 0 Å². The minimum Gasteiger partial charge on any atom is -0.372 e. The Morgan fingerprint density at radius 2 is 2.16 bits per heavy atom. The Morgan fingerprint density at radius 1 is 1.36 bits per heavy atom. The number of nitrogens with one attached hydrogen (secondary N) is 1. The first kappa shape index (κ1) is 17.9. The van der Waals surface area contributed by atoms with Gasteiger partial charge in [0, 0.05) is 26.2 Å². The Hall–Kier alpha value is -1.87. The smallest absolute Gasteiger partial charge is 0.246 e. The average Bonchev–Trinajstić information content (AvgIpc) is 3.29. The van der Waals surface area contributed by atoms with Gasteiger partial charge in [0.1, 0.15) is 12.4 Å². The van der Waals surface area contributed by atoms with Gasteiger partial charge < -0.3 is 15.0 Å². The van der Waals surface area contributed by atoms with Crippen molar-refractivity contribution >= 4 is 34.5 Å². The van der Waals surface area contributed by atoms with Crippen LogP contribution in [0.25, 0.3) is 11.0 Å². The van der Waals surface area contributed by atoms with Gasteiger partial charge in [-0.05, 0) is 26.0 Å². The van der Waals surface area contributed by atoms with Crippen molar-refractivity contribution in [2.24, 2.45) is 0 Å². The fourth-order valence-electron chi connectivity index (χ4n) is 2.89. The van der Waals surface area contributed by atoms with E-state index in [1.54, 1.807) is 0 Å². The number of ether oxygens (including phenoxy) is 1. The molecule has 25 heavy (non-hydrogen) atoms. The summed E-state index contributed by atoms with van der Waals surface area (Å²) in [6.07, 6.45) is 6.19. The van der Waals surface area contributed by atoms with Gasteiger partial charge in [0.15, 0.2) is 10.8 Å². The summed E-state index contributed by atoms with van der Waals surface area (Å²) >= 11 is 1.53. The Kier molecular flexibility index (Phi) is 6.09. The molecule has 1 aliphatic rings. The molecule has 0 radical (unpaired) electrons. The van der Waals surface area contributed by atoms with Crippen molar-refractivity contribution in [2.45, 2.75) is 31.5 Å². The van der Waals surface area contributed by atoms with Crippen LogP contribution < -0.4 is 10.2 Å². The molecule has 0 spiro atoms. The summed E-state index contributed by atoms with van der Waals surface area (Å²) in [7, 11) is 0. The van der Waals surface area contributed by atoms with E-state index < -0.39 is 0 Å². The van der Waals surface area contributed by atoms with Crippen LogP contribution in [-0.2, 0) is 16.1 Å². The molecule has 2 aromatic heterocycles. The summed E-state index contributed by atoms with van der Waals surface area (Å²) in [6.45, 7) is 5.59. The lowest BCUT2D eigenvalue weighted by molar-refractivity contribution is -0.125. The molecule has 0 aliphatic carbocycles. The van der Waals surface area contributed by atoms with E-state index in [2.05, 4.69) is 20.3 Å². The second-order valence-electron chi connectivity index (χ2n) is 5.82. The number of amides is 1. The third-order valence-corrected chi connectivity index (χ3v) is 4.67. The largest absolute Gasteiger partial charge is 0.372 e. The zero-order valence-corrected chi connectivity index (χ0v) is 15.5. The van der Waals surface area contributed by atoms with Crippen LogP contribution in [0.1, 0.15) is 19.8 Å². The van der Waals surface area contributed by atoms with E-state index in [4.69, 9.17) is 9.72 Å². The highest BCUT2D eigenvalue weighted by Gasteiger charge is 2.20. The predicted octanol–water partition coefficient (Wildman–Crippen LogP) is 1.30. The first-order valence-corrected chi connectivity index (χ1v) is 9.82. The highest BCUT2D eigenvalue weighted by atomic mass is 32.2. The van der Waals surface area contributed by atoms with Crippen molar-refractivity contribution in [3.8, 4) is 0 Å². The number of rotatable bonds is 8. The van der Waals surface area contributed by atoms with Gasteiger partial charge in [0.2, 0.25) is 5.91 Å². The number of hydrogen-bond acceptors (Lipinski definition) is 7. The number of fused-ring (bicyclic) bond motifs is 1. The van der Waals surface area contributed by atoms with E-state index in [-0.39, 0.29) is 12.5 Å². The SMILES string of the molecule is CCOCC(=O)NCCn1ncc2c(N3CCCC3)nc(SC)nc21. The summed E-state index contributed by atoms with van der Waals surface area (Å²) in [5, 5.41) is 9.01. The van der Waals surface area contributed by atoms with Crippen molar-refractivity contribution in [1.82, 2.24) is 25.1 Å². The van der Waals surface area contributed by atoms with E-state index in [9.17, 15) is 4.79 Å². The van der Waals surface area contributed by atoms with Gasteiger partial charge in [-0.2, -0.15) is 5.10 Å². The number of anilines is 1. The topological polar surface area (TPSA) is 85.2 Å². The van der Waals surface area contributed by atoms with E-state index in [1.165, 1.54) is 24.6 Å². The third-order valence-electron chi connectivity index (χ3n) is 4.13. The highest BCUT2D eigenvalue weighted by Crippen LogP contribution is 2.28. The molecule has 136 valence electrons. The van der Waals surface area contributed by atoms with Crippen molar-refractivity contribution < 1.29 is 9.53 Å². The number of aromatic nitrogens is 4. The van der Waals surface area contributed by atoms with Crippen LogP contribution in [0.4, 0.5) is 5.82 Å². The Bertz CT molecular complexity index is 729. The minimum atomic E-state index is -0.115. The lowest BCUT2D eigenvalue weighted by Crippen LogP contribution is -2.30. The summed E-state index contributed by atoms with van der Waals surface area (Å²) in [6, 6.07) is 0. The summed E-state index contributed by atoms with van der Waals surface area (Å²) in [5.74, 6) is 0.856. The van der Waals surface area contributed by atoms with Crippen molar-refractivity contribution in [2.75, 3.05) is 44.0 Å². The van der Waals surface area contributed by atoms with Gasteiger partial charge >= 0.3 is 0 Å². The zero-order valence-electron chi connectivity index (χ0n) is 14.7. The summed E-state index contributed by atoms with van der Waals surface area (Å²) in [4.78, 5) is 23.2. The fourth-order valence-corrected chi connectivity index (χ4v) is 3.25. The maximum absolute atomic E-state index is 11.6. The fraction of sp³-hybridized carbons (Fsp3) is 0.625. The molecule has 1 saturated heterocycles. The van der Waals surface area contributed by atoms with Crippen LogP contribution in [0.15, 0.2) is 11.4 Å². The Morgan fingerprint density at radius 3 is 2.88 bits per heavy atom. The number of thioether (sulfide) groups is 1. The third kappa shape index (κ3) is 4.21. The average molecular weight is 364 g/mol. The lowest BCUT2D eigenvalue weighted by atomic mass is 10.3. The molecule has 8 nitrogen and oxygen atoms in total. The summed E-state index contributed by atoms with van der Waals surface area (Å²) in [5.41, 5.74) is 0.820. The molecule has 0 unspecified atom stereocenters. The molecule has 3 rings (SSSR count). The van der Waals surface area contributed by atoms with E-state index in [0.29, 0.717) is 19.7 Å². The first-order chi connectivity index (χ1) is 12.2. The van der Waals surface area contributed by atoms with Gasteiger partial charge in [-0.25, -0.2) is 14.6 Å². The molecule has 1 aliphatic heterocycles. The summed E-state index contributed by atoms with van der Waals surface area (Å²) < 4.78 is 6.92. The van der Waals surface area contributed by atoms with Gasteiger partial charge in [-0.3, -0.25) is 4.79 Å². The normalized spacial score (nSPS) is 14.4. The van der Waals surface area contributed by atoms with Crippen LogP contribution >= 0.6 is 11.8 Å². The second kappa shape index (κ2) is 8.48. The molecule has 0 bridgehead atoms. The van der Waals surface area contributed by atoms with Crippen LogP contribution in [0.2, 0.25) is 0 Å². The molecule has 0 aromatic carbocycles. The van der Waals surface area contributed by atoms with E-state index in [1.807, 2.05) is 24.1 Å². The number of carbonyl (C=O) groups is 1. The number of carbonyl (C=O) groups excluding carboxylic acids is 1. The standard InChI is InChI=1S/C16H24N6O2S/c1-3-24-11-13(23)17-6-9-22-15-12(10-18-22)14(19-16(20-15)25-2)21-7-4-5-8-21/h10H,3-9,11H2,1-2H3,(H,17,23). The molecule has 0 atom stereocenters. The molecule has 1 N–H and O–H groups in total. The van der Waals surface area contributed by atoms with Gasteiger partial charge in [-0.1, -0.05) is 11.8 Å². The van der Waals surface area contributed by atoms with Gasteiger partial charge in [0.25, 0.3) is 0 Å². The maximum Gasteiger partial charge on any atom is 0.246 e. The molecule has 1 amide bonds. The zero-order chi connectivity index (χ0) is 17.6.